The Morgan fingerprint density at radius 3 is 2.50 bits per heavy atom. The summed E-state index contributed by atoms with van der Waals surface area (Å²) >= 11 is 4.12. The second-order valence-corrected chi connectivity index (χ2v) is 3.69. The van der Waals surface area contributed by atoms with Gasteiger partial charge in [-0.15, -0.1) is 0 Å². The van der Waals surface area contributed by atoms with Gasteiger partial charge in [0, 0.05) is 17.4 Å². The van der Waals surface area contributed by atoms with E-state index >= 15 is 0 Å². The Balaban J connectivity index is 3.08. The number of thiol groups is 1. The van der Waals surface area contributed by atoms with Crippen molar-refractivity contribution in [3.05, 3.63) is 35.4 Å². The van der Waals surface area contributed by atoms with Crippen LogP contribution < -0.4 is 0 Å². The van der Waals surface area contributed by atoms with Crippen molar-refractivity contribution < 1.29 is 8.78 Å². The molecule has 0 bridgehead atoms. The highest BCUT2D eigenvalue weighted by Crippen LogP contribution is 2.23. The topological polar surface area (TPSA) is 3.24 Å². The zero-order chi connectivity index (χ0) is 10.7. The second kappa shape index (κ2) is 4.75. The van der Waals surface area contributed by atoms with Gasteiger partial charge in [0.25, 0.3) is 0 Å². The lowest BCUT2D eigenvalue weighted by molar-refractivity contribution is 0.317. The van der Waals surface area contributed by atoms with Crippen LogP contribution in [0.25, 0.3) is 0 Å². The van der Waals surface area contributed by atoms with Crippen LogP contribution in [0.15, 0.2) is 18.2 Å². The van der Waals surface area contributed by atoms with Crippen LogP contribution in [0.3, 0.4) is 0 Å². The van der Waals surface area contributed by atoms with E-state index in [0.717, 1.165) is 12.1 Å². The van der Waals surface area contributed by atoms with Gasteiger partial charge in [-0.05, 0) is 32.3 Å². The van der Waals surface area contributed by atoms with Gasteiger partial charge in [-0.2, -0.15) is 12.6 Å². The Hall–Kier alpha value is -0.610. The van der Waals surface area contributed by atoms with Crippen LogP contribution >= 0.6 is 12.6 Å². The molecule has 0 saturated carbocycles. The zero-order valence-electron chi connectivity index (χ0n) is 8.17. The van der Waals surface area contributed by atoms with Crippen molar-refractivity contribution in [3.8, 4) is 0 Å². The molecule has 0 radical (unpaired) electrons. The fourth-order valence-corrected chi connectivity index (χ4v) is 1.83. The summed E-state index contributed by atoms with van der Waals surface area (Å²) in [6, 6.07) is 3.28. The van der Waals surface area contributed by atoms with E-state index in [2.05, 4.69) is 12.6 Å². The molecule has 1 rings (SSSR count). The third-order valence-electron chi connectivity index (χ3n) is 2.11. The van der Waals surface area contributed by atoms with Crippen molar-refractivity contribution in [3.63, 3.8) is 0 Å². The summed E-state index contributed by atoms with van der Waals surface area (Å²) in [5.41, 5.74) is 0.352. The Morgan fingerprint density at radius 2 is 2.00 bits per heavy atom. The maximum atomic E-state index is 13.3. The summed E-state index contributed by atoms with van der Waals surface area (Å²) in [5.74, 6) is -0.359. The first-order valence-electron chi connectivity index (χ1n) is 4.28. The molecule has 0 aliphatic heterocycles. The minimum atomic E-state index is -0.421. The van der Waals surface area contributed by atoms with E-state index in [-0.39, 0.29) is 11.9 Å². The van der Waals surface area contributed by atoms with Gasteiger partial charge in [-0.3, -0.25) is 0 Å². The minimum absolute atomic E-state index is 0.200. The van der Waals surface area contributed by atoms with Crippen LogP contribution in [0.1, 0.15) is 11.6 Å². The van der Waals surface area contributed by atoms with E-state index in [9.17, 15) is 8.78 Å². The third-order valence-corrected chi connectivity index (χ3v) is 2.46. The quantitative estimate of drug-likeness (QED) is 0.761. The van der Waals surface area contributed by atoms with Gasteiger partial charge < -0.3 is 4.90 Å². The molecule has 0 amide bonds. The fourth-order valence-electron chi connectivity index (χ4n) is 1.31. The average Bonchev–Trinajstić information content (AvgIpc) is 2.11. The third kappa shape index (κ3) is 2.45. The first-order valence-corrected chi connectivity index (χ1v) is 4.91. The number of hydrogen-bond acceptors (Lipinski definition) is 2. The smallest absolute Gasteiger partial charge is 0.128 e. The first kappa shape index (κ1) is 11.5. The maximum Gasteiger partial charge on any atom is 0.128 e. The monoisotopic (exact) mass is 217 g/mol. The Morgan fingerprint density at radius 1 is 1.36 bits per heavy atom. The van der Waals surface area contributed by atoms with Crippen molar-refractivity contribution in [2.45, 2.75) is 6.04 Å². The predicted octanol–water partition coefficient (Wildman–Crippen LogP) is 2.50. The molecule has 0 heterocycles. The van der Waals surface area contributed by atoms with Crippen molar-refractivity contribution >= 4 is 12.6 Å². The highest BCUT2D eigenvalue weighted by atomic mass is 32.1. The van der Waals surface area contributed by atoms with E-state index in [1.165, 1.54) is 6.07 Å². The van der Waals surface area contributed by atoms with Gasteiger partial charge in [0.1, 0.15) is 11.6 Å². The van der Waals surface area contributed by atoms with Gasteiger partial charge in [-0.25, -0.2) is 8.78 Å². The molecular weight excluding hydrogens is 204 g/mol. The normalized spacial score (nSPS) is 13.3. The highest BCUT2D eigenvalue weighted by Gasteiger charge is 2.16. The number of nitrogens with zero attached hydrogens (tertiary/aromatic N) is 1. The summed E-state index contributed by atoms with van der Waals surface area (Å²) in [5, 5.41) is 0. The van der Waals surface area contributed by atoms with Crippen LogP contribution in [0.2, 0.25) is 0 Å². The molecule has 0 aliphatic rings. The van der Waals surface area contributed by atoms with Gasteiger partial charge in [0.15, 0.2) is 0 Å². The van der Waals surface area contributed by atoms with Crippen LogP contribution in [-0.4, -0.2) is 24.7 Å². The van der Waals surface area contributed by atoms with E-state index in [4.69, 9.17) is 0 Å². The number of halogens is 2. The van der Waals surface area contributed by atoms with Crippen LogP contribution in [-0.2, 0) is 0 Å². The Labute approximate surface area is 88.1 Å². The number of benzene rings is 1. The van der Waals surface area contributed by atoms with Gasteiger partial charge in [0.05, 0.1) is 0 Å². The predicted molar refractivity (Wildman–Crippen MR) is 56.6 cm³/mol. The summed E-state index contributed by atoms with van der Waals surface area (Å²) in [7, 11) is 3.62. The molecule has 14 heavy (non-hydrogen) atoms. The lowest BCUT2D eigenvalue weighted by Gasteiger charge is -2.23. The highest BCUT2D eigenvalue weighted by molar-refractivity contribution is 7.80. The van der Waals surface area contributed by atoms with Gasteiger partial charge in [-0.1, -0.05) is 0 Å². The Kier molecular flexibility index (Phi) is 3.89. The van der Waals surface area contributed by atoms with Crippen molar-refractivity contribution in [1.82, 2.24) is 4.90 Å². The number of rotatable bonds is 3. The summed E-state index contributed by atoms with van der Waals surface area (Å²) in [4.78, 5) is 1.81. The van der Waals surface area contributed by atoms with Crippen molar-refractivity contribution in [1.29, 1.82) is 0 Å². The Bertz CT molecular complexity index is 315. The summed E-state index contributed by atoms with van der Waals surface area (Å²) in [6.45, 7) is 0. The molecule has 0 N–H and O–H groups in total. The van der Waals surface area contributed by atoms with E-state index in [0.29, 0.717) is 11.3 Å². The maximum absolute atomic E-state index is 13.3. The van der Waals surface area contributed by atoms with Crippen LogP contribution in [0.5, 0.6) is 0 Å². The molecule has 0 saturated heterocycles. The molecule has 1 unspecified atom stereocenters. The molecular formula is C10H13F2NS. The largest absolute Gasteiger partial charge is 0.301 e. The first-order chi connectivity index (χ1) is 6.56. The SMILES string of the molecule is CN(C)C(CS)c1cc(F)ccc1F. The zero-order valence-corrected chi connectivity index (χ0v) is 9.06. The van der Waals surface area contributed by atoms with Gasteiger partial charge >= 0.3 is 0 Å². The van der Waals surface area contributed by atoms with Crippen molar-refractivity contribution in [2.24, 2.45) is 0 Å². The fraction of sp³-hybridized carbons (Fsp3) is 0.400. The molecule has 1 atom stereocenters. The second-order valence-electron chi connectivity index (χ2n) is 3.33. The number of hydrogen-bond donors (Lipinski definition) is 1. The van der Waals surface area contributed by atoms with Crippen molar-refractivity contribution in [2.75, 3.05) is 19.8 Å². The summed E-state index contributed by atoms with van der Waals surface area (Å²) < 4.78 is 26.2. The minimum Gasteiger partial charge on any atom is -0.301 e. The van der Waals surface area contributed by atoms with E-state index in [1.54, 1.807) is 0 Å². The molecule has 0 spiro atoms. The lowest BCUT2D eigenvalue weighted by atomic mass is 10.1. The molecule has 4 heteroatoms. The molecule has 0 fully saturated rings. The molecule has 1 aromatic rings. The summed E-state index contributed by atoms with van der Waals surface area (Å²) in [6.07, 6.45) is 0. The van der Waals surface area contributed by atoms with Gasteiger partial charge in [0.2, 0.25) is 0 Å². The lowest BCUT2D eigenvalue weighted by Crippen LogP contribution is -2.22. The molecule has 1 nitrogen and oxygen atoms in total. The van der Waals surface area contributed by atoms with Crippen LogP contribution in [0.4, 0.5) is 8.78 Å². The molecule has 0 aliphatic carbocycles. The molecule has 1 aromatic carbocycles. The standard InChI is InChI=1S/C10H13F2NS/c1-13(2)10(6-14)8-5-7(11)3-4-9(8)12/h3-5,10,14H,6H2,1-2H3. The van der Waals surface area contributed by atoms with E-state index in [1.807, 2.05) is 19.0 Å². The molecule has 78 valence electrons. The average molecular weight is 217 g/mol. The van der Waals surface area contributed by atoms with Crippen LogP contribution in [0, 0.1) is 11.6 Å². The van der Waals surface area contributed by atoms with E-state index < -0.39 is 5.82 Å². The molecule has 0 aromatic heterocycles.